The maximum absolute atomic E-state index is 13.0. The maximum atomic E-state index is 13.0. The summed E-state index contributed by atoms with van der Waals surface area (Å²) < 4.78 is 6.31. The molecule has 0 aliphatic carbocycles. The molecule has 0 aliphatic rings. The lowest BCUT2D eigenvalue weighted by molar-refractivity contribution is -0.384. The van der Waals surface area contributed by atoms with Crippen LogP contribution in [0.4, 0.5) is 11.4 Å². The molecular formula is C24H15BrN2O5. The number of benzene rings is 3. The standard InChI is InChI=1S/C24H15BrN2O5/c25-17-9-10-20(19(14-17)23(28)15-5-2-1-3-6-15)26-24(29)22-12-11-21(32-22)16-7-4-8-18(13-16)27(30)31/h1-14H,(H,26,29). The number of nitro benzene ring substituents is 1. The number of anilines is 1. The number of halogens is 1. The molecule has 0 aliphatic heterocycles. The molecule has 0 bridgehead atoms. The second-order valence-electron chi connectivity index (χ2n) is 6.81. The highest BCUT2D eigenvalue weighted by molar-refractivity contribution is 9.10. The molecule has 7 nitrogen and oxygen atoms in total. The van der Waals surface area contributed by atoms with Crippen molar-refractivity contribution < 1.29 is 18.9 Å². The molecule has 1 amide bonds. The molecule has 1 N–H and O–H groups in total. The molecule has 32 heavy (non-hydrogen) atoms. The van der Waals surface area contributed by atoms with E-state index in [0.29, 0.717) is 32.6 Å². The fourth-order valence-corrected chi connectivity index (χ4v) is 3.49. The number of nitrogens with one attached hydrogen (secondary N) is 1. The molecular weight excluding hydrogens is 476 g/mol. The largest absolute Gasteiger partial charge is 0.451 e. The predicted octanol–water partition coefficient (Wildman–Crippen LogP) is 6.10. The van der Waals surface area contributed by atoms with Gasteiger partial charge in [0.1, 0.15) is 5.76 Å². The minimum Gasteiger partial charge on any atom is -0.451 e. The van der Waals surface area contributed by atoms with Crippen LogP contribution in [0.5, 0.6) is 0 Å². The first-order valence-corrected chi connectivity index (χ1v) is 10.3. The second-order valence-corrected chi connectivity index (χ2v) is 7.73. The van der Waals surface area contributed by atoms with Crippen molar-refractivity contribution in [3.05, 3.63) is 116 Å². The zero-order valence-corrected chi connectivity index (χ0v) is 18.0. The minimum absolute atomic E-state index is 0.00698. The molecule has 0 spiro atoms. The topological polar surface area (TPSA) is 102 Å². The zero-order chi connectivity index (χ0) is 22.7. The number of non-ortho nitro benzene ring substituents is 1. The third-order valence-corrected chi connectivity index (χ3v) is 5.17. The van der Waals surface area contributed by atoms with Gasteiger partial charge in [0.2, 0.25) is 0 Å². The smallest absolute Gasteiger partial charge is 0.291 e. The van der Waals surface area contributed by atoms with Gasteiger partial charge >= 0.3 is 0 Å². The van der Waals surface area contributed by atoms with Crippen LogP contribution >= 0.6 is 15.9 Å². The molecule has 0 unspecified atom stereocenters. The number of furan rings is 1. The summed E-state index contributed by atoms with van der Waals surface area (Å²) in [6, 6.07) is 22.7. The summed E-state index contributed by atoms with van der Waals surface area (Å²) >= 11 is 3.36. The molecule has 0 saturated heterocycles. The van der Waals surface area contributed by atoms with E-state index in [1.54, 1.807) is 60.7 Å². The van der Waals surface area contributed by atoms with Crippen molar-refractivity contribution in [3.63, 3.8) is 0 Å². The van der Waals surface area contributed by atoms with Crippen LogP contribution in [0.15, 0.2) is 93.8 Å². The molecule has 158 valence electrons. The summed E-state index contributed by atoms with van der Waals surface area (Å²) in [7, 11) is 0. The van der Waals surface area contributed by atoms with E-state index < -0.39 is 10.8 Å². The van der Waals surface area contributed by atoms with E-state index in [2.05, 4.69) is 21.2 Å². The molecule has 0 atom stereocenters. The number of carbonyl (C=O) groups is 2. The Morgan fingerprint density at radius 2 is 1.69 bits per heavy atom. The van der Waals surface area contributed by atoms with Crippen LogP contribution in [-0.2, 0) is 0 Å². The number of carbonyl (C=O) groups excluding carboxylic acids is 2. The van der Waals surface area contributed by atoms with Gasteiger partial charge in [-0.25, -0.2) is 0 Å². The summed E-state index contributed by atoms with van der Waals surface area (Å²) in [6.45, 7) is 0. The summed E-state index contributed by atoms with van der Waals surface area (Å²) in [5.41, 5.74) is 1.54. The Balaban J connectivity index is 1.60. The number of rotatable bonds is 6. The summed E-state index contributed by atoms with van der Waals surface area (Å²) in [5, 5.41) is 13.7. The first-order valence-electron chi connectivity index (χ1n) is 9.48. The fraction of sp³-hybridized carbons (Fsp3) is 0. The van der Waals surface area contributed by atoms with Crippen molar-refractivity contribution in [2.24, 2.45) is 0 Å². The van der Waals surface area contributed by atoms with Gasteiger partial charge in [0.15, 0.2) is 11.5 Å². The molecule has 8 heteroatoms. The summed E-state index contributed by atoms with van der Waals surface area (Å²) in [6.07, 6.45) is 0. The SMILES string of the molecule is O=C(Nc1ccc(Br)cc1C(=O)c1ccccc1)c1ccc(-c2cccc([N+](=O)[O-])c2)o1. The van der Waals surface area contributed by atoms with Crippen LogP contribution < -0.4 is 5.32 Å². The van der Waals surface area contributed by atoms with Crippen molar-refractivity contribution in [2.75, 3.05) is 5.32 Å². The van der Waals surface area contributed by atoms with Crippen LogP contribution in [0, 0.1) is 10.1 Å². The van der Waals surface area contributed by atoms with Gasteiger partial charge in [0, 0.05) is 33.3 Å². The van der Waals surface area contributed by atoms with Gasteiger partial charge in [-0.3, -0.25) is 19.7 Å². The highest BCUT2D eigenvalue weighted by Crippen LogP contribution is 2.28. The van der Waals surface area contributed by atoms with Crippen LogP contribution in [-0.4, -0.2) is 16.6 Å². The lowest BCUT2D eigenvalue weighted by Crippen LogP contribution is -2.14. The van der Waals surface area contributed by atoms with Gasteiger partial charge < -0.3 is 9.73 Å². The van der Waals surface area contributed by atoms with Crippen LogP contribution in [0.25, 0.3) is 11.3 Å². The van der Waals surface area contributed by atoms with Crippen molar-refractivity contribution >= 4 is 39.0 Å². The first kappa shape index (κ1) is 21.2. The molecule has 0 fully saturated rings. The number of hydrogen-bond donors (Lipinski definition) is 1. The van der Waals surface area contributed by atoms with Gasteiger partial charge in [-0.15, -0.1) is 0 Å². The van der Waals surface area contributed by atoms with Gasteiger partial charge in [-0.1, -0.05) is 58.4 Å². The number of nitro groups is 1. The number of amides is 1. The van der Waals surface area contributed by atoms with Crippen LogP contribution in [0.2, 0.25) is 0 Å². The number of hydrogen-bond acceptors (Lipinski definition) is 5. The van der Waals surface area contributed by atoms with Gasteiger partial charge in [-0.2, -0.15) is 0 Å². The third-order valence-electron chi connectivity index (χ3n) is 4.68. The van der Waals surface area contributed by atoms with Crippen molar-refractivity contribution in [1.29, 1.82) is 0 Å². The van der Waals surface area contributed by atoms with E-state index in [4.69, 9.17) is 4.42 Å². The Bertz CT molecular complexity index is 1330. The Labute approximate surface area is 191 Å². The third kappa shape index (κ3) is 4.50. The normalized spacial score (nSPS) is 10.5. The van der Waals surface area contributed by atoms with Gasteiger partial charge in [0.05, 0.1) is 10.6 Å². The average Bonchev–Trinajstić information content (AvgIpc) is 3.31. The Morgan fingerprint density at radius 1 is 0.906 bits per heavy atom. The van der Waals surface area contributed by atoms with Crippen molar-refractivity contribution in [2.45, 2.75) is 0 Å². The molecule has 3 aromatic carbocycles. The fourth-order valence-electron chi connectivity index (χ4n) is 3.13. The molecule has 1 heterocycles. The van der Waals surface area contributed by atoms with E-state index in [-0.39, 0.29) is 17.2 Å². The van der Waals surface area contributed by atoms with Gasteiger partial charge in [-0.05, 0) is 30.3 Å². The monoisotopic (exact) mass is 490 g/mol. The second kappa shape index (κ2) is 8.99. The highest BCUT2D eigenvalue weighted by Gasteiger charge is 2.19. The molecule has 0 saturated carbocycles. The number of nitrogens with zero attached hydrogens (tertiary/aromatic N) is 1. The van der Waals surface area contributed by atoms with Crippen molar-refractivity contribution in [3.8, 4) is 11.3 Å². The molecule has 4 aromatic rings. The Hall–Kier alpha value is -4.04. The minimum atomic E-state index is -0.550. The molecule has 4 rings (SSSR count). The quantitative estimate of drug-likeness (QED) is 0.200. The van der Waals surface area contributed by atoms with E-state index in [1.165, 1.54) is 18.2 Å². The first-order chi connectivity index (χ1) is 15.4. The van der Waals surface area contributed by atoms with E-state index in [1.807, 2.05) is 6.07 Å². The zero-order valence-electron chi connectivity index (χ0n) is 16.4. The molecule has 1 aromatic heterocycles. The van der Waals surface area contributed by atoms with Crippen LogP contribution in [0.1, 0.15) is 26.5 Å². The summed E-state index contributed by atoms with van der Waals surface area (Å²) in [5.74, 6) is -0.465. The number of ketones is 1. The van der Waals surface area contributed by atoms with E-state index >= 15 is 0 Å². The maximum Gasteiger partial charge on any atom is 0.291 e. The Kier molecular flexibility index (Phi) is 5.96. The van der Waals surface area contributed by atoms with Gasteiger partial charge in [0.25, 0.3) is 11.6 Å². The van der Waals surface area contributed by atoms with E-state index in [9.17, 15) is 19.7 Å². The van der Waals surface area contributed by atoms with Crippen LogP contribution in [0.3, 0.4) is 0 Å². The Morgan fingerprint density at radius 3 is 2.44 bits per heavy atom. The van der Waals surface area contributed by atoms with Crippen molar-refractivity contribution in [1.82, 2.24) is 0 Å². The lowest BCUT2D eigenvalue weighted by atomic mass is 10.0. The highest BCUT2D eigenvalue weighted by atomic mass is 79.9. The average molecular weight is 491 g/mol. The lowest BCUT2D eigenvalue weighted by Gasteiger charge is -2.10. The summed E-state index contributed by atoms with van der Waals surface area (Å²) in [4.78, 5) is 36.3. The predicted molar refractivity (Wildman–Crippen MR) is 123 cm³/mol. The molecule has 0 radical (unpaired) electrons. The van der Waals surface area contributed by atoms with E-state index in [0.717, 1.165) is 0 Å².